The third kappa shape index (κ3) is 9.11. The lowest BCUT2D eigenvalue weighted by Crippen LogP contribution is -2.47. The second-order valence-corrected chi connectivity index (χ2v) is 11.4. The summed E-state index contributed by atoms with van der Waals surface area (Å²) >= 11 is 0. The van der Waals surface area contributed by atoms with Gasteiger partial charge in [-0.2, -0.15) is 13.2 Å². The number of rotatable bonds is 9. The first-order valence-electron chi connectivity index (χ1n) is 14.6. The fourth-order valence-electron chi connectivity index (χ4n) is 5.18. The molecule has 1 aliphatic heterocycles. The lowest BCUT2D eigenvalue weighted by atomic mass is 10.0. The second-order valence-electron chi connectivity index (χ2n) is 11.4. The molecule has 3 aromatic rings. The molecule has 0 fully saturated rings. The van der Waals surface area contributed by atoms with E-state index in [4.69, 9.17) is 9.47 Å². The van der Waals surface area contributed by atoms with E-state index in [1.165, 1.54) is 12.1 Å². The third-order valence-corrected chi connectivity index (χ3v) is 7.75. The number of methoxy groups -OCH3 is 1. The van der Waals surface area contributed by atoms with Gasteiger partial charge in [-0.15, -0.1) is 0 Å². The minimum absolute atomic E-state index is 0.00384. The third-order valence-electron chi connectivity index (χ3n) is 7.75. The number of nitrogens with zero attached hydrogens (tertiary/aromatic N) is 2. The number of carbonyl (C=O) groups is 2. The van der Waals surface area contributed by atoms with Gasteiger partial charge in [0.15, 0.2) is 0 Å². The Bertz CT molecular complexity index is 1450. The normalized spacial score (nSPS) is 17.8. The van der Waals surface area contributed by atoms with Crippen LogP contribution in [0.4, 0.5) is 29.3 Å². The van der Waals surface area contributed by atoms with Gasteiger partial charge in [-0.05, 0) is 74.1 Å². The summed E-state index contributed by atoms with van der Waals surface area (Å²) in [5.74, 6) is 0.804. The molecule has 0 aliphatic carbocycles. The standard InChI is InChI=1S/C33H39F3N4O5/c1-21-17-40(22(2)20-41)31(42)16-24-15-27(38-32(43)37-26-9-12-28(44-4)13-10-26)11-14-29(24)45-30(21)19-39(3)18-23-5-7-25(8-6-23)33(34,35)36/h5-15,21-22,30,41H,16-20H2,1-4H3,(H2,37,38,43)/t21-,22+,30-/m1/s1. The average molecular weight is 629 g/mol. The number of aliphatic hydroxyl groups excluding tert-OH is 1. The van der Waals surface area contributed by atoms with Crippen molar-refractivity contribution in [3.05, 3.63) is 83.4 Å². The molecule has 0 bridgehead atoms. The number of hydrogen-bond acceptors (Lipinski definition) is 6. The molecule has 9 nitrogen and oxygen atoms in total. The first kappa shape index (κ1) is 33.6. The molecule has 1 aliphatic rings. The van der Waals surface area contributed by atoms with Gasteiger partial charge in [0.1, 0.15) is 17.6 Å². The van der Waals surface area contributed by atoms with Crippen LogP contribution in [-0.2, 0) is 23.9 Å². The maximum atomic E-state index is 13.5. The van der Waals surface area contributed by atoms with Crippen molar-refractivity contribution in [2.45, 2.75) is 45.1 Å². The van der Waals surface area contributed by atoms with Crippen LogP contribution in [0.25, 0.3) is 0 Å². The molecule has 0 unspecified atom stereocenters. The van der Waals surface area contributed by atoms with E-state index >= 15 is 0 Å². The van der Waals surface area contributed by atoms with Crippen LogP contribution in [0.2, 0.25) is 0 Å². The molecular weight excluding hydrogens is 589 g/mol. The van der Waals surface area contributed by atoms with E-state index in [0.29, 0.717) is 48.1 Å². The quantitative estimate of drug-likeness (QED) is 0.284. The molecule has 3 N–H and O–H groups in total. The number of aliphatic hydroxyl groups is 1. The molecule has 3 atom stereocenters. The molecule has 3 aromatic carbocycles. The van der Waals surface area contributed by atoms with Crippen molar-refractivity contribution in [2.24, 2.45) is 5.92 Å². The maximum absolute atomic E-state index is 13.5. The molecule has 12 heteroatoms. The Morgan fingerprint density at radius 2 is 1.73 bits per heavy atom. The first-order chi connectivity index (χ1) is 21.4. The van der Waals surface area contributed by atoms with Crippen molar-refractivity contribution in [3.8, 4) is 11.5 Å². The van der Waals surface area contributed by atoms with E-state index in [9.17, 15) is 27.9 Å². The van der Waals surface area contributed by atoms with E-state index in [1.54, 1.807) is 61.4 Å². The lowest BCUT2D eigenvalue weighted by molar-refractivity contribution is -0.137. The Labute approximate surface area is 260 Å². The maximum Gasteiger partial charge on any atom is 0.416 e. The Morgan fingerprint density at radius 1 is 1.09 bits per heavy atom. The summed E-state index contributed by atoms with van der Waals surface area (Å²) in [5.41, 5.74) is 1.62. The van der Waals surface area contributed by atoms with Crippen LogP contribution in [0.5, 0.6) is 11.5 Å². The van der Waals surface area contributed by atoms with Crippen molar-refractivity contribution in [1.29, 1.82) is 0 Å². The smallest absolute Gasteiger partial charge is 0.416 e. The number of carbonyl (C=O) groups excluding carboxylic acids is 2. The van der Waals surface area contributed by atoms with Crippen molar-refractivity contribution in [1.82, 2.24) is 9.80 Å². The monoisotopic (exact) mass is 628 g/mol. The Balaban J connectivity index is 1.53. The van der Waals surface area contributed by atoms with Gasteiger partial charge in [-0.3, -0.25) is 9.69 Å². The lowest BCUT2D eigenvalue weighted by Gasteiger charge is -2.34. The van der Waals surface area contributed by atoms with E-state index < -0.39 is 29.9 Å². The highest BCUT2D eigenvalue weighted by atomic mass is 19.4. The molecule has 45 heavy (non-hydrogen) atoms. The largest absolute Gasteiger partial charge is 0.497 e. The van der Waals surface area contributed by atoms with Crippen LogP contribution < -0.4 is 20.1 Å². The van der Waals surface area contributed by atoms with Crippen molar-refractivity contribution in [3.63, 3.8) is 0 Å². The van der Waals surface area contributed by atoms with Crippen LogP contribution >= 0.6 is 0 Å². The fraction of sp³-hybridized carbons (Fsp3) is 0.394. The molecule has 3 amide bonds. The number of alkyl halides is 3. The molecule has 242 valence electrons. The summed E-state index contributed by atoms with van der Waals surface area (Å²) in [4.78, 5) is 29.8. The molecule has 4 rings (SSSR count). The van der Waals surface area contributed by atoms with Gasteiger partial charge < -0.3 is 30.1 Å². The number of anilines is 2. The van der Waals surface area contributed by atoms with E-state index in [1.807, 2.05) is 18.9 Å². The summed E-state index contributed by atoms with van der Waals surface area (Å²) in [6.07, 6.45) is -4.81. The number of hydrogen-bond donors (Lipinski definition) is 3. The number of fused-ring (bicyclic) bond motifs is 1. The van der Waals surface area contributed by atoms with E-state index in [-0.39, 0.29) is 24.9 Å². The van der Waals surface area contributed by atoms with E-state index in [0.717, 1.165) is 17.7 Å². The van der Waals surface area contributed by atoms with Gasteiger partial charge in [-0.1, -0.05) is 19.1 Å². The van der Waals surface area contributed by atoms with Gasteiger partial charge in [0, 0.05) is 42.5 Å². The van der Waals surface area contributed by atoms with Gasteiger partial charge in [0.05, 0.1) is 31.7 Å². The van der Waals surface area contributed by atoms with Crippen LogP contribution in [0.1, 0.15) is 30.5 Å². The number of benzene rings is 3. The number of amides is 3. The fourth-order valence-corrected chi connectivity index (χ4v) is 5.18. The molecule has 1 heterocycles. The summed E-state index contributed by atoms with van der Waals surface area (Å²) < 4.78 is 50.7. The van der Waals surface area contributed by atoms with Gasteiger partial charge in [0.25, 0.3) is 0 Å². The number of likely N-dealkylation sites (N-methyl/N-ethyl adjacent to an activating group) is 1. The number of nitrogens with one attached hydrogen (secondary N) is 2. The predicted molar refractivity (Wildman–Crippen MR) is 165 cm³/mol. The molecule has 0 saturated heterocycles. The molecule has 0 radical (unpaired) electrons. The minimum atomic E-state index is -4.40. The minimum Gasteiger partial charge on any atom is -0.497 e. The molecule has 0 aromatic heterocycles. The summed E-state index contributed by atoms with van der Waals surface area (Å²) in [7, 11) is 3.41. The highest BCUT2D eigenvalue weighted by Gasteiger charge is 2.32. The van der Waals surface area contributed by atoms with Gasteiger partial charge in [0.2, 0.25) is 5.91 Å². The number of urea groups is 1. The van der Waals surface area contributed by atoms with Crippen molar-refractivity contribution in [2.75, 3.05) is 44.5 Å². The Morgan fingerprint density at radius 3 is 2.36 bits per heavy atom. The predicted octanol–water partition coefficient (Wildman–Crippen LogP) is 5.64. The van der Waals surface area contributed by atoms with Gasteiger partial charge >= 0.3 is 12.2 Å². The summed E-state index contributed by atoms with van der Waals surface area (Å²) in [6, 6.07) is 16.1. The van der Waals surface area contributed by atoms with Crippen LogP contribution in [-0.4, -0.2) is 72.8 Å². The zero-order valence-corrected chi connectivity index (χ0v) is 25.7. The van der Waals surface area contributed by atoms with Crippen LogP contribution in [0, 0.1) is 5.92 Å². The summed E-state index contributed by atoms with van der Waals surface area (Å²) in [6.45, 7) is 4.67. The zero-order chi connectivity index (χ0) is 32.7. The molecular formula is C33H39F3N4O5. The Kier molecular flexibility index (Phi) is 10.9. The van der Waals surface area contributed by atoms with Gasteiger partial charge in [-0.25, -0.2) is 4.79 Å². The number of halogens is 3. The van der Waals surface area contributed by atoms with Crippen LogP contribution in [0.3, 0.4) is 0 Å². The second kappa shape index (κ2) is 14.7. The number of ether oxygens (including phenoxy) is 2. The molecule has 0 spiro atoms. The van der Waals surface area contributed by atoms with Crippen molar-refractivity contribution < 1.29 is 37.3 Å². The van der Waals surface area contributed by atoms with Crippen LogP contribution in [0.15, 0.2) is 66.7 Å². The average Bonchev–Trinajstić information content (AvgIpc) is 3.04. The zero-order valence-electron chi connectivity index (χ0n) is 25.7. The van der Waals surface area contributed by atoms with Crippen molar-refractivity contribution >= 4 is 23.3 Å². The SMILES string of the molecule is COc1ccc(NC(=O)Nc2ccc3c(c2)CC(=O)N([C@@H](C)CO)C[C@@H](C)[C@@H](CN(C)Cc2ccc(C(F)(F)F)cc2)O3)cc1. The Hall–Kier alpha value is -4.29. The highest BCUT2D eigenvalue weighted by molar-refractivity contribution is 6.00. The van der Waals surface area contributed by atoms with E-state index in [2.05, 4.69) is 10.6 Å². The molecule has 0 saturated carbocycles. The highest BCUT2D eigenvalue weighted by Crippen LogP contribution is 2.31. The first-order valence-corrected chi connectivity index (χ1v) is 14.6. The summed E-state index contributed by atoms with van der Waals surface area (Å²) in [5, 5.41) is 15.4. The topological polar surface area (TPSA) is 103 Å².